The molecule has 0 fully saturated rings. The van der Waals surface area contributed by atoms with E-state index in [4.69, 9.17) is 0 Å². The Morgan fingerprint density at radius 2 is 0.806 bits per heavy atom. The molecule has 3 rings (SSSR count). The van der Waals surface area contributed by atoms with Gasteiger partial charge < -0.3 is 0 Å². The molecule has 3 aromatic rings. The third-order valence-electron chi connectivity index (χ3n) is 6.11. The summed E-state index contributed by atoms with van der Waals surface area (Å²) in [6.07, 6.45) is 14.4. The van der Waals surface area contributed by atoms with Crippen LogP contribution in [0, 0.1) is 23.3 Å². The number of rotatable bonds is 16. The number of benzene rings is 1. The highest BCUT2D eigenvalue weighted by Crippen LogP contribution is 2.39. The minimum absolute atomic E-state index is 0.170. The van der Waals surface area contributed by atoms with E-state index < -0.39 is 34.4 Å². The quantitative estimate of drug-likeness (QED) is 0.103. The zero-order valence-corrected chi connectivity index (χ0v) is 22.6. The third kappa shape index (κ3) is 7.54. The predicted octanol–water partition coefficient (Wildman–Crippen LogP) is 9.09. The fraction of sp³-hybridized carbons (Fsp3) is 0.615. The summed E-state index contributed by atoms with van der Waals surface area (Å²) in [6, 6.07) is 0. The highest BCUT2D eigenvalue weighted by atomic mass is 32.1. The molecular weight excluding hydrogens is 508 g/mol. The molecule has 0 aliphatic heterocycles. The molecule has 0 saturated carbocycles. The second-order valence-electron chi connectivity index (χ2n) is 9.04. The average Bonchev–Trinajstić information content (AvgIpc) is 3.53. The lowest BCUT2D eigenvalue weighted by Crippen LogP contribution is -2.03. The molecule has 0 bridgehead atoms. The second-order valence-corrected chi connectivity index (χ2v) is 11.2. The number of unbranched alkanes of at least 4 members (excludes halogenated alkanes) is 10. The topological polar surface area (TPSA) is 51.6 Å². The van der Waals surface area contributed by atoms with Crippen molar-refractivity contribution in [1.82, 2.24) is 20.4 Å². The van der Waals surface area contributed by atoms with Gasteiger partial charge in [-0.15, -0.1) is 20.4 Å². The van der Waals surface area contributed by atoms with Crippen LogP contribution in [0.5, 0.6) is 0 Å². The first-order chi connectivity index (χ1) is 17.5. The lowest BCUT2D eigenvalue weighted by Gasteiger charge is -2.08. The SMILES string of the molecule is CCCCCCCCc1nnc(-c2c(F)c(F)c(-c3nnc(CCCCCCCC)s3)c(F)c2F)s1. The van der Waals surface area contributed by atoms with Crippen molar-refractivity contribution in [1.29, 1.82) is 0 Å². The Hall–Kier alpha value is -1.94. The Kier molecular flexibility index (Phi) is 11.7. The Morgan fingerprint density at radius 1 is 0.472 bits per heavy atom. The number of hydrogen-bond acceptors (Lipinski definition) is 6. The Morgan fingerprint density at radius 3 is 1.17 bits per heavy atom. The average molecular weight is 543 g/mol. The van der Waals surface area contributed by atoms with Crippen molar-refractivity contribution in [3.63, 3.8) is 0 Å². The van der Waals surface area contributed by atoms with Gasteiger partial charge in [0.1, 0.15) is 10.0 Å². The van der Waals surface area contributed by atoms with Crippen molar-refractivity contribution in [2.45, 2.75) is 104 Å². The molecule has 0 aliphatic rings. The number of aryl methyl sites for hydroxylation is 2. The molecule has 1 aromatic carbocycles. The Labute approximate surface area is 218 Å². The zero-order chi connectivity index (χ0) is 25.9. The first kappa shape index (κ1) is 28.6. The highest BCUT2D eigenvalue weighted by molar-refractivity contribution is 7.15. The summed E-state index contributed by atoms with van der Waals surface area (Å²) in [5, 5.41) is 16.4. The molecule has 10 heteroatoms. The number of hydrogen-bond donors (Lipinski definition) is 0. The van der Waals surface area contributed by atoms with E-state index in [1.54, 1.807) is 0 Å². The molecular formula is C26H34F4N4S2. The van der Waals surface area contributed by atoms with Gasteiger partial charge in [0.15, 0.2) is 33.3 Å². The van der Waals surface area contributed by atoms with Crippen molar-refractivity contribution >= 4 is 22.7 Å². The first-order valence-electron chi connectivity index (χ1n) is 13.0. The molecule has 0 amide bonds. The van der Waals surface area contributed by atoms with Gasteiger partial charge in [-0.25, -0.2) is 17.6 Å². The molecule has 0 saturated heterocycles. The van der Waals surface area contributed by atoms with Crippen LogP contribution in [0.3, 0.4) is 0 Å². The van der Waals surface area contributed by atoms with E-state index in [2.05, 4.69) is 34.2 Å². The second kappa shape index (κ2) is 14.7. The van der Waals surface area contributed by atoms with Crippen LogP contribution in [-0.2, 0) is 12.8 Å². The van der Waals surface area contributed by atoms with Gasteiger partial charge in [0, 0.05) is 12.8 Å². The van der Waals surface area contributed by atoms with Crippen LogP contribution in [-0.4, -0.2) is 20.4 Å². The van der Waals surface area contributed by atoms with Crippen molar-refractivity contribution < 1.29 is 17.6 Å². The minimum Gasteiger partial charge on any atom is -0.203 e. The molecule has 2 aromatic heterocycles. The van der Waals surface area contributed by atoms with Gasteiger partial charge in [-0.2, -0.15) is 0 Å². The van der Waals surface area contributed by atoms with Gasteiger partial charge in [0.25, 0.3) is 0 Å². The van der Waals surface area contributed by atoms with Crippen molar-refractivity contribution in [3.05, 3.63) is 33.3 Å². The fourth-order valence-corrected chi connectivity index (χ4v) is 5.86. The van der Waals surface area contributed by atoms with Crippen LogP contribution in [0.2, 0.25) is 0 Å². The van der Waals surface area contributed by atoms with Crippen LogP contribution in [0.4, 0.5) is 17.6 Å². The molecule has 4 nitrogen and oxygen atoms in total. The van der Waals surface area contributed by atoms with Gasteiger partial charge in [-0.3, -0.25) is 0 Å². The molecule has 0 radical (unpaired) electrons. The zero-order valence-electron chi connectivity index (χ0n) is 21.0. The standard InChI is InChI=1S/C26H34F4N4S2/c1-3-5-7-9-11-13-15-17-31-33-25(35-17)19-21(27)23(29)20(24(30)22(19)28)26-34-32-18(36-26)16-14-12-10-8-6-4-2/h3-16H2,1-2H3. The van der Waals surface area contributed by atoms with Crippen molar-refractivity contribution in [2.24, 2.45) is 0 Å². The predicted molar refractivity (Wildman–Crippen MR) is 138 cm³/mol. The molecule has 0 unspecified atom stereocenters. The van der Waals surface area contributed by atoms with Crippen LogP contribution in [0.15, 0.2) is 0 Å². The summed E-state index contributed by atoms with van der Waals surface area (Å²) in [5.74, 6) is -5.95. The molecule has 36 heavy (non-hydrogen) atoms. The van der Waals surface area contributed by atoms with Gasteiger partial charge in [-0.05, 0) is 12.8 Å². The monoisotopic (exact) mass is 542 g/mol. The molecule has 0 atom stereocenters. The molecule has 0 aliphatic carbocycles. The van der Waals surface area contributed by atoms with E-state index in [9.17, 15) is 17.6 Å². The maximum absolute atomic E-state index is 15.0. The van der Waals surface area contributed by atoms with Crippen LogP contribution in [0.25, 0.3) is 21.1 Å². The highest BCUT2D eigenvalue weighted by Gasteiger charge is 2.30. The van der Waals surface area contributed by atoms with Gasteiger partial charge in [0.05, 0.1) is 11.1 Å². The number of halogens is 4. The van der Waals surface area contributed by atoms with Gasteiger partial charge in [0.2, 0.25) is 0 Å². The summed E-state index contributed by atoms with van der Waals surface area (Å²) in [7, 11) is 0. The van der Waals surface area contributed by atoms with E-state index in [0.717, 1.165) is 61.2 Å². The van der Waals surface area contributed by atoms with E-state index >= 15 is 0 Å². The van der Waals surface area contributed by atoms with E-state index in [1.807, 2.05) is 0 Å². The molecule has 2 heterocycles. The van der Waals surface area contributed by atoms with E-state index in [0.29, 0.717) is 22.9 Å². The molecule has 0 N–H and O–H groups in total. The lowest BCUT2D eigenvalue weighted by molar-refractivity contribution is 0.462. The lowest BCUT2D eigenvalue weighted by atomic mass is 10.1. The van der Waals surface area contributed by atoms with E-state index in [-0.39, 0.29) is 10.0 Å². The van der Waals surface area contributed by atoms with Crippen molar-refractivity contribution in [3.8, 4) is 21.1 Å². The number of aromatic nitrogens is 4. The number of nitrogens with zero attached hydrogens (tertiary/aromatic N) is 4. The smallest absolute Gasteiger partial charge is 0.173 e. The minimum atomic E-state index is -1.49. The van der Waals surface area contributed by atoms with Gasteiger partial charge in [-0.1, -0.05) is 101 Å². The summed E-state index contributed by atoms with van der Waals surface area (Å²) < 4.78 is 59.9. The van der Waals surface area contributed by atoms with Crippen LogP contribution in [0.1, 0.15) is 101 Å². The maximum Gasteiger partial charge on any atom is 0.173 e. The summed E-state index contributed by atoms with van der Waals surface area (Å²) in [5.41, 5.74) is -1.64. The van der Waals surface area contributed by atoms with Crippen LogP contribution < -0.4 is 0 Å². The third-order valence-corrected chi connectivity index (χ3v) is 8.11. The fourth-order valence-electron chi connectivity index (χ4n) is 4.03. The largest absolute Gasteiger partial charge is 0.203 e. The Balaban J connectivity index is 1.69. The van der Waals surface area contributed by atoms with Crippen molar-refractivity contribution in [2.75, 3.05) is 0 Å². The van der Waals surface area contributed by atoms with Crippen LogP contribution >= 0.6 is 22.7 Å². The maximum atomic E-state index is 15.0. The van der Waals surface area contributed by atoms with E-state index in [1.165, 1.54) is 38.5 Å². The summed E-state index contributed by atoms with van der Waals surface area (Å²) in [6.45, 7) is 4.31. The van der Waals surface area contributed by atoms with Gasteiger partial charge >= 0.3 is 0 Å². The summed E-state index contributed by atoms with van der Waals surface area (Å²) >= 11 is 1.92. The summed E-state index contributed by atoms with van der Waals surface area (Å²) in [4.78, 5) is 0. The molecule has 0 spiro atoms. The molecule has 198 valence electrons. The first-order valence-corrected chi connectivity index (χ1v) is 14.6. The normalized spacial score (nSPS) is 11.5. The Bertz CT molecular complexity index is 986.